The Balaban J connectivity index is 1.54. The number of hydrogen-bond acceptors (Lipinski definition) is 7. The molecule has 0 saturated carbocycles. The van der Waals surface area contributed by atoms with Crippen molar-refractivity contribution in [2.24, 2.45) is 7.05 Å². The van der Waals surface area contributed by atoms with Crippen molar-refractivity contribution in [2.45, 2.75) is 20.3 Å². The predicted octanol–water partition coefficient (Wildman–Crippen LogP) is 1.82. The van der Waals surface area contributed by atoms with E-state index in [1.165, 1.54) is 0 Å². The van der Waals surface area contributed by atoms with Gasteiger partial charge in [-0.25, -0.2) is 0 Å². The SMILES string of the molecule is Cc1nn(C)c(C)c1Cc1nc(-c2cc(N3CCN(C)CC3)ccn2)no1. The molecule has 1 fully saturated rings. The minimum Gasteiger partial charge on any atom is -0.369 e. The van der Waals surface area contributed by atoms with Crippen molar-refractivity contribution in [3.63, 3.8) is 0 Å². The quantitative estimate of drug-likeness (QED) is 0.696. The Morgan fingerprint density at radius 3 is 2.59 bits per heavy atom. The maximum Gasteiger partial charge on any atom is 0.231 e. The summed E-state index contributed by atoms with van der Waals surface area (Å²) in [6.07, 6.45) is 2.39. The van der Waals surface area contributed by atoms with Crippen LogP contribution in [0.5, 0.6) is 0 Å². The molecule has 0 bridgehead atoms. The molecule has 27 heavy (non-hydrogen) atoms. The van der Waals surface area contributed by atoms with Gasteiger partial charge < -0.3 is 14.3 Å². The standard InChI is InChI=1S/C19H25N7O/c1-13-16(14(2)25(4)22-13)12-18-21-19(23-27-18)17-11-15(5-6-20-17)26-9-7-24(3)8-10-26/h5-6,11H,7-10,12H2,1-4H3. The Morgan fingerprint density at radius 1 is 1.11 bits per heavy atom. The van der Waals surface area contributed by atoms with Crippen molar-refractivity contribution in [2.75, 3.05) is 38.1 Å². The molecule has 3 aromatic heterocycles. The largest absolute Gasteiger partial charge is 0.369 e. The van der Waals surface area contributed by atoms with Crippen LogP contribution in [0.4, 0.5) is 5.69 Å². The van der Waals surface area contributed by atoms with Crippen molar-refractivity contribution in [1.29, 1.82) is 0 Å². The van der Waals surface area contributed by atoms with E-state index in [4.69, 9.17) is 4.52 Å². The molecule has 4 rings (SSSR count). The molecule has 142 valence electrons. The molecule has 0 unspecified atom stereocenters. The number of anilines is 1. The molecule has 0 aromatic carbocycles. The first-order valence-corrected chi connectivity index (χ1v) is 9.23. The van der Waals surface area contributed by atoms with Crippen LogP contribution in [0.15, 0.2) is 22.9 Å². The van der Waals surface area contributed by atoms with Crippen LogP contribution in [0.25, 0.3) is 11.5 Å². The third kappa shape index (κ3) is 3.57. The highest BCUT2D eigenvalue weighted by molar-refractivity contribution is 5.58. The zero-order valence-electron chi connectivity index (χ0n) is 16.3. The summed E-state index contributed by atoms with van der Waals surface area (Å²) in [5.41, 5.74) is 5.12. The normalized spacial score (nSPS) is 15.5. The average Bonchev–Trinajstić information content (AvgIpc) is 3.23. The highest BCUT2D eigenvalue weighted by Gasteiger charge is 2.18. The van der Waals surface area contributed by atoms with Gasteiger partial charge in [0.15, 0.2) is 0 Å². The molecule has 0 spiro atoms. The fraction of sp³-hybridized carbons (Fsp3) is 0.474. The number of nitrogens with zero attached hydrogens (tertiary/aromatic N) is 7. The lowest BCUT2D eigenvalue weighted by Gasteiger charge is -2.34. The summed E-state index contributed by atoms with van der Waals surface area (Å²) in [5, 5.41) is 8.59. The summed E-state index contributed by atoms with van der Waals surface area (Å²) in [6.45, 7) is 8.20. The van der Waals surface area contributed by atoms with Gasteiger partial charge in [-0.05, 0) is 33.0 Å². The van der Waals surface area contributed by atoms with E-state index in [0.29, 0.717) is 18.1 Å². The van der Waals surface area contributed by atoms with Gasteiger partial charge in [0, 0.05) is 56.4 Å². The van der Waals surface area contributed by atoms with Crippen LogP contribution < -0.4 is 4.90 Å². The molecule has 0 amide bonds. The van der Waals surface area contributed by atoms with Crippen LogP contribution in [0.3, 0.4) is 0 Å². The molecule has 8 heteroatoms. The second-order valence-corrected chi connectivity index (χ2v) is 7.15. The highest BCUT2D eigenvalue weighted by Crippen LogP contribution is 2.23. The van der Waals surface area contributed by atoms with Gasteiger partial charge in [0.25, 0.3) is 0 Å². The molecule has 8 nitrogen and oxygen atoms in total. The molecular weight excluding hydrogens is 342 g/mol. The lowest BCUT2D eigenvalue weighted by molar-refractivity contribution is 0.313. The Labute approximate surface area is 158 Å². The molecular formula is C19H25N7O. The van der Waals surface area contributed by atoms with Gasteiger partial charge in [-0.3, -0.25) is 9.67 Å². The monoisotopic (exact) mass is 367 g/mol. The van der Waals surface area contributed by atoms with Crippen molar-refractivity contribution in [1.82, 2.24) is 29.8 Å². The number of aromatic nitrogens is 5. The first kappa shape index (κ1) is 17.7. The van der Waals surface area contributed by atoms with Crippen molar-refractivity contribution in [3.05, 3.63) is 41.2 Å². The van der Waals surface area contributed by atoms with Gasteiger partial charge in [0.2, 0.25) is 11.7 Å². The summed E-state index contributed by atoms with van der Waals surface area (Å²) in [6, 6.07) is 4.08. The smallest absolute Gasteiger partial charge is 0.231 e. The molecule has 4 heterocycles. The maximum atomic E-state index is 5.48. The van der Waals surface area contributed by atoms with E-state index in [9.17, 15) is 0 Å². The van der Waals surface area contributed by atoms with Crippen LogP contribution in [0.2, 0.25) is 0 Å². The van der Waals surface area contributed by atoms with Gasteiger partial charge in [-0.1, -0.05) is 5.16 Å². The van der Waals surface area contributed by atoms with E-state index in [0.717, 1.165) is 54.5 Å². The maximum absolute atomic E-state index is 5.48. The zero-order chi connectivity index (χ0) is 19.0. The molecule has 1 saturated heterocycles. The second kappa shape index (κ2) is 7.11. The summed E-state index contributed by atoms with van der Waals surface area (Å²) in [7, 11) is 4.10. The minimum absolute atomic E-state index is 0.528. The molecule has 3 aromatic rings. The second-order valence-electron chi connectivity index (χ2n) is 7.15. The Morgan fingerprint density at radius 2 is 1.89 bits per heavy atom. The van der Waals surface area contributed by atoms with Gasteiger partial charge in [0.05, 0.1) is 12.1 Å². The highest BCUT2D eigenvalue weighted by atomic mass is 16.5. The van der Waals surface area contributed by atoms with E-state index >= 15 is 0 Å². The first-order chi connectivity index (χ1) is 13.0. The Hall–Kier alpha value is -2.74. The lowest BCUT2D eigenvalue weighted by atomic mass is 10.1. The summed E-state index contributed by atoms with van der Waals surface area (Å²) in [4.78, 5) is 13.7. The number of piperazine rings is 1. The number of aryl methyl sites for hydroxylation is 2. The Kier molecular flexibility index (Phi) is 4.65. The van der Waals surface area contributed by atoms with E-state index < -0.39 is 0 Å². The van der Waals surface area contributed by atoms with Crippen LogP contribution in [0, 0.1) is 13.8 Å². The molecule has 0 N–H and O–H groups in total. The fourth-order valence-electron chi connectivity index (χ4n) is 3.46. The first-order valence-electron chi connectivity index (χ1n) is 9.23. The third-order valence-corrected chi connectivity index (χ3v) is 5.30. The fourth-order valence-corrected chi connectivity index (χ4v) is 3.46. The Bertz CT molecular complexity index is 937. The van der Waals surface area contributed by atoms with Gasteiger partial charge in [-0.2, -0.15) is 10.1 Å². The van der Waals surface area contributed by atoms with Gasteiger partial charge in [-0.15, -0.1) is 0 Å². The van der Waals surface area contributed by atoms with Crippen molar-refractivity contribution in [3.8, 4) is 11.5 Å². The topological polar surface area (TPSA) is 76.1 Å². The number of likely N-dealkylation sites (N-methyl/N-ethyl adjacent to an activating group) is 1. The van der Waals surface area contributed by atoms with Crippen molar-refractivity contribution < 1.29 is 4.52 Å². The van der Waals surface area contributed by atoms with Crippen molar-refractivity contribution >= 4 is 5.69 Å². The van der Waals surface area contributed by atoms with E-state index in [1.807, 2.05) is 43.9 Å². The number of hydrogen-bond donors (Lipinski definition) is 0. The van der Waals surface area contributed by atoms with E-state index in [2.05, 4.69) is 37.1 Å². The van der Waals surface area contributed by atoms with Crippen LogP contribution in [-0.2, 0) is 13.5 Å². The van der Waals surface area contributed by atoms with Crippen LogP contribution in [-0.4, -0.2) is 63.0 Å². The lowest BCUT2D eigenvalue weighted by Crippen LogP contribution is -2.44. The average molecular weight is 367 g/mol. The van der Waals surface area contributed by atoms with E-state index in [1.54, 1.807) is 0 Å². The summed E-state index contributed by atoms with van der Waals surface area (Å²) >= 11 is 0. The van der Waals surface area contributed by atoms with Gasteiger partial charge >= 0.3 is 0 Å². The van der Waals surface area contributed by atoms with Crippen LogP contribution in [0.1, 0.15) is 22.8 Å². The molecule has 1 aliphatic heterocycles. The van der Waals surface area contributed by atoms with Crippen LogP contribution >= 0.6 is 0 Å². The third-order valence-electron chi connectivity index (χ3n) is 5.30. The number of pyridine rings is 1. The van der Waals surface area contributed by atoms with Gasteiger partial charge in [0.1, 0.15) is 5.69 Å². The van der Waals surface area contributed by atoms with E-state index in [-0.39, 0.29) is 0 Å². The molecule has 0 aliphatic carbocycles. The molecule has 0 radical (unpaired) electrons. The predicted molar refractivity (Wildman–Crippen MR) is 103 cm³/mol. The minimum atomic E-state index is 0.528. The summed E-state index contributed by atoms with van der Waals surface area (Å²) in [5.74, 6) is 1.11. The number of rotatable bonds is 4. The zero-order valence-corrected chi connectivity index (χ0v) is 16.3. The molecule has 1 aliphatic rings. The summed E-state index contributed by atoms with van der Waals surface area (Å²) < 4.78 is 7.36. The molecule has 0 atom stereocenters.